The number of fused-ring (bicyclic) bond motifs is 1. The fourth-order valence-corrected chi connectivity index (χ4v) is 2.63. The number of carboxylic acid groups (broad SMARTS) is 1. The van der Waals surface area contributed by atoms with Crippen LogP contribution in [-0.4, -0.2) is 38.8 Å². The molecule has 0 aliphatic carbocycles. The topological polar surface area (TPSA) is 77.2 Å². The van der Waals surface area contributed by atoms with Gasteiger partial charge in [-0.05, 0) is 37.8 Å². The maximum atomic E-state index is 11.1. The molecule has 6 heteroatoms. The summed E-state index contributed by atoms with van der Waals surface area (Å²) in [6.07, 6.45) is 4.62. The lowest BCUT2D eigenvalue weighted by Crippen LogP contribution is -2.21. The van der Waals surface area contributed by atoms with E-state index in [0.29, 0.717) is 12.1 Å². The molecule has 20 heavy (non-hydrogen) atoms. The van der Waals surface area contributed by atoms with E-state index in [-0.39, 0.29) is 11.7 Å². The first kappa shape index (κ1) is 13.1. The predicted octanol–water partition coefficient (Wildman–Crippen LogP) is 2.09. The summed E-state index contributed by atoms with van der Waals surface area (Å²) in [6.45, 7) is 1.54. The molecule has 1 aliphatic rings. The van der Waals surface area contributed by atoms with Crippen molar-refractivity contribution in [2.75, 3.05) is 6.61 Å². The third kappa shape index (κ3) is 2.51. The third-order valence-corrected chi connectivity index (χ3v) is 3.71. The Balaban J connectivity index is 1.78. The first-order chi connectivity index (χ1) is 9.75. The minimum Gasteiger partial charge on any atom is -0.478 e. The molecule has 1 saturated heterocycles. The lowest BCUT2D eigenvalue weighted by molar-refractivity contribution is 0.00840. The van der Waals surface area contributed by atoms with Gasteiger partial charge in [0.25, 0.3) is 0 Å². The van der Waals surface area contributed by atoms with Gasteiger partial charge < -0.3 is 9.84 Å². The van der Waals surface area contributed by atoms with Crippen molar-refractivity contribution in [3.05, 3.63) is 23.8 Å². The number of hydrogen-bond donors (Lipinski definition) is 1. The van der Waals surface area contributed by atoms with Crippen LogP contribution in [0.4, 0.5) is 0 Å². The summed E-state index contributed by atoms with van der Waals surface area (Å²) in [5.74, 6) is -0.974. The highest BCUT2D eigenvalue weighted by Crippen LogP contribution is 2.19. The molecule has 0 bridgehead atoms. The molecule has 1 N–H and O–H groups in total. The van der Waals surface area contributed by atoms with Crippen LogP contribution in [-0.2, 0) is 11.3 Å². The molecule has 2 heterocycles. The average Bonchev–Trinajstić information content (AvgIpc) is 2.89. The van der Waals surface area contributed by atoms with Crippen molar-refractivity contribution in [2.45, 2.75) is 38.3 Å². The number of nitrogens with zero attached hydrogens (tertiary/aromatic N) is 3. The van der Waals surface area contributed by atoms with Crippen LogP contribution in [0.1, 0.15) is 36.0 Å². The molecule has 2 aromatic rings. The van der Waals surface area contributed by atoms with Gasteiger partial charge in [-0.25, -0.2) is 9.48 Å². The fourth-order valence-electron chi connectivity index (χ4n) is 2.63. The molecular weight excluding hydrogens is 258 g/mol. The van der Waals surface area contributed by atoms with Gasteiger partial charge >= 0.3 is 5.97 Å². The molecule has 1 aromatic carbocycles. The van der Waals surface area contributed by atoms with Crippen molar-refractivity contribution in [2.24, 2.45) is 0 Å². The van der Waals surface area contributed by atoms with Crippen LogP contribution >= 0.6 is 0 Å². The highest BCUT2D eigenvalue weighted by Gasteiger charge is 2.16. The molecule has 1 atom stereocenters. The Morgan fingerprint density at radius 2 is 2.35 bits per heavy atom. The molecule has 1 aliphatic heterocycles. The Kier molecular flexibility index (Phi) is 3.64. The lowest BCUT2D eigenvalue weighted by Gasteiger charge is -2.22. The van der Waals surface area contributed by atoms with Gasteiger partial charge in [0.1, 0.15) is 5.52 Å². The Hall–Kier alpha value is -1.95. The van der Waals surface area contributed by atoms with Crippen molar-refractivity contribution in [3.8, 4) is 0 Å². The molecule has 0 spiro atoms. The molecular formula is C14H17N3O3. The summed E-state index contributed by atoms with van der Waals surface area (Å²) in [7, 11) is 0. The van der Waals surface area contributed by atoms with Crippen LogP contribution in [0.3, 0.4) is 0 Å². The summed E-state index contributed by atoms with van der Waals surface area (Å²) < 4.78 is 7.46. The van der Waals surface area contributed by atoms with Gasteiger partial charge in [0.2, 0.25) is 0 Å². The van der Waals surface area contributed by atoms with Crippen molar-refractivity contribution in [1.82, 2.24) is 15.0 Å². The Labute approximate surface area is 116 Å². The van der Waals surface area contributed by atoms with Gasteiger partial charge in [0.15, 0.2) is 0 Å². The third-order valence-electron chi connectivity index (χ3n) is 3.71. The molecule has 0 radical (unpaired) electrons. The molecule has 1 unspecified atom stereocenters. The van der Waals surface area contributed by atoms with Crippen LogP contribution in [0.5, 0.6) is 0 Å². The minimum atomic E-state index is -0.974. The number of hydrogen-bond acceptors (Lipinski definition) is 4. The van der Waals surface area contributed by atoms with Gasteiger partial charge in [0.05, 0.1) is 17.2 Å². The predicted molar refractivity (Wildman–Crippen MR) is 72.7 cm³/mol. The lowest BCUT2D eigenvalue weighted by atomic mass is 10.1. The number of ether oxygens (including phenoxy) is 1. The molecule has 0 amide bonds. The van der Waals surface area contributed by atoms with Gasteiger partial charge in [-0.2, -0.15) is 0 Å². The summed E-state index contributed by atoms with van der Waals surface area (Å²) in [6, 6.07) is 5.13. The van der Waals surface area contributed by atoms with E-state index in [1.165, 1.54) is 6.42 Å². The van der Waals surface area contributed by atoms with Crippen molar-refractivity contribution in [3.63, 3.8) is 0 Å². The Morgan fingerprint density at radius 3 is 3.10 bits per heavy atom. The summed E-state index contributed by atoms with van der Waals surface area (Å²) >= 11 is 0. The van der Waals surface area contributed by atoms with E-state index < -0.39 is 5.97 Å². The monoisotopic (exact) mass is 275 g/mol. The number of aromatic carboxylic acids is 1. The van der Waals surface area contributed by atoms with E-state index in [2.05, 4.69) is 10.3 Å². The maximum Gasteiger partial charge on any atom is 0.338 e. The number of carbonyl (C=O) groups is 1. The minimum absolute atomic E-state index is 0.197. The largest absolute Gasteiger partial charge is 0.478 e. The standard InChI is InChI=1S/C14H17N3O3/c18-14(19)11-5-3-6-12-13(11)15-16-17(12)8-7-10-4-1-2-9-20-10/h3,5-6,10H,1-2,4,7-9H2,(H,18,19). The SMILES string of the molecule is O=C(O)c1cccc2c1nnn2CCC1CCCCO1. The fraction of sp³-hybridized carbons (Fsp3) is 0.500. The van der Waals surface area contributed by atoms with E-state index in [0.717, 1.165) is 31.4 Å². The van der Waals surface area contributed by atoms with E-state index in [4.69, 9.17) is 9.84 Å². The number of carboxylic acids is 1. The molecule has 1 fully saturated rings. The van der Waals surface area contributed by atoms with E-state index >= 15 is 0 Å². The first-order valence-corrected chi connectivity index (χ1v) is 6.93. The summed E-state index contributed by atoms with van der Waals surface area (Å²) in [4.78, 5) is 11.1. The molecule has 1 aromatic heterocycles. The van der Waals surface area contributed by atoms with Crippen molar-refractivity contribution in [1.29, 1.82) is 0 Å². The Bertz CT molecular complexity index is 617. The van der Waals surface area contributed by atoms with Crippen LogP contribution in [0.15, 0.2) is 18.2 Å². The van der Waals surface area contributed by atoms with Crippen LogP contribution in [0.25, 0.3) is 11.0 Å². The summed E-state index contributed by atoms with van der Waals surface area (Å²) in [5, 5.41) is 17.2. The normalized spacial score (nSPS) is 19.3. The van der Waals surface area contributed by atoms with Gasteiger partial charge in [0, 0.05) is 13.2 Å². The van der Waals surface area contributed by atoms with E-state index in [1.807, 2.05) is 6.07 Å². The van der Waals surface area contributed by atoms with E-state index in [1.54, 1.807) is 16.8 Å². The van der Waals surface area contributed by atoms with Crippen molar-refractivity contribution < 1.29 is 14.6 Å². The molecule has 0 saturated carbocycles. The smallest absolute Gasteiger partial charge is 0.338 e. The van der Waals surface area contributed by atoms with Crippen molar-refractivity contribution >= 4 is 17.0 Å². The highest BCUT2D eigenvalue weighted by molar-refractivity contribution is 6.00. The first-order valence-electron chi connectivity index (χ1n) is 6.93. The number of aromatic nitrogens is 3. The summed E-state index contributed by atoms with van der Waals surface area (Å²) in [5.41, 5.74) is 1.41. The zero-order valence-electron chi connectivity index (χ0n) is 11.2. The molecule has 106 valence electrons. The van der Waals surface area contributed by atoms with Crippen LogP contribution in [0, 0.1) is 0 Å². The second-order valence-electron chi connectivity index (χ2n) is 5.07. The number of rotatable bonds is 4. The highest BCUT2D eigenvalue weighted by atomic mass is 16.5. The second kappa shape index (κ2) is 5.58. The Morgan fingerprint density at radius 1 is 1.45 bits per heavy atom. The number of aryl methyl sites for hydroxylation is 1. The number of benzene rings is 1. The quantitative estimate of drug-likeness (QED) is 0.924. The second-order valence-corrected chi connectivity index (χ2v) is 5.07. The average molecular weight is 275 g/mol. The molecule has 3 rings (SSSR count). The van der Waals surface area contributed by atoms with Gasteiger partial charge in [-0.15, -0.1) is 5.10 Å². The van der Waals surface area contributed by atoms with Crippen LogP contribution in [0.2, 0.25) is 0 Å². The van der Waals surface area contributed by atoms with Gasteiger partial charge in [-0.3, -0.25) is 0 Å². The molecule has 6 nitrogen and oxygen atoms in total. The zero-order chi connectivity index (χ0) is 13.9. The zero-order valence-corrected chi connectivity index (χ0v) is 11.2. The van der Waals surface area contributed by atoms with Gasteiger partial charge in [-0.1, -0.05) is 11.3 Å². The van der Waals surface area contributed by atoms with E-state index in [9.17, 15) is 4.79 Å². The van der Waals surface area contributed by atoms with Crippen LogP contribution < -0.4 is 0 Å². The maximum absolute atomic E-state index is 11.1.